The second-order valence-electron chi connectivity index (χ2n) is 20.3. The maximum absolute atomic E-state index is 5.41. The van der Waals surface area contributed by atoms with Crippen LogP contribution in [0.2, 0.25) is 0 Å². The summed E-state index contributed by atoms with van der Waals surface area (Å²) in [7, 11) is 0. The first-order valence-electron chi connectivity index (χ1n) is 24.5. The zero-order valence-electron chi connectivity index (χ0n) is 39.9. The highest BCUT2D eigenvalue weighted by Crippen LogP contribution is 2.50. The number of benzene rings is 9. The zero-order chi connectivity index (χ0) is 47.1. The molecule has 0 saturated heterocycles. The fraction of sp³-hybridized carbons (Fsp3) is 0.123. The fourth-order valence-electron chi connectivity index (χ4n) is 11.4. The number of aromatic nitrogens is 5. The molecule has 0 saturated carbocycles. The van der Waals surface area contributed by atoms with Crippen molar-refractivity contribution in [1.29, 1.82) is 0 Å². The number of hydrogen-bond acceptors (Lipinski definition) is 3. The standard InChI is InChI=1S/C65H51N5/c1-64(2)36-37-65(3,4)60-49(32-19-33-55(60)64)46-26-17-24-44(38-46)45-25-18-27-47(39-45)69-56-34-15-13-29-50(56)53-40-54-51-30-14-16-35-57(51)70(59(54)41-58(53)69)63-67-61(43-22-9-6-10-23-43)66-62(68-63)52-31-12-11-28-48(52)42-20-7-5-8-21-42/h5-35,38-41H,36-37H2,1-4H3. The Hall–Kier alpha value is -8.41. The second kappa shape index (κ2) is 16.1. The van der Waals surface area contributed by atoms with Crippen LogP contribution in [0.25, 0.3) is 111 Å². The van der Waals surface area contributed by atoms with Crippen LogP contribution in [-0.4, -0.2) is 24.1 Å². The van der Waals surface area contributed by atoms with Crippen LogP contribution in [0, 0.1) is 0 Å². The van der Waals surface area contributed by atoms with E-state index in [1.807, 2.05) is 24.3 Å². The number of para-hydroxylation sites is 2. The van der Waals surface area contributed by atoms with Crippen molar-refractivity contribution in [1.82, 2.24) is 24.1 Å². The predicted molar refractivity (Wildman–Crippen MR) is 291 cm³/mol. The highest BCUT2D eigenvalue weighted by molar-refractivity contribution is 6.19. The normalized spacial score (nSPS) is 14.1. The van der Waals surface area contributed by atoms with Gasteiger partial charge in [-0.25, -0.2) is 4.98 Å². The van der Waals surface area contributed by atoms with E-state index < -0.39 is 0 Å². The molecule has 0 atom stereocenters. The Morgan fingerprint density at radius 2 is 0.871 bits per heavy atom. The maximum atomic E-state index is 5.41. The molecule has 3 aromatic heterocycles. The number of fused-ring (bicyclic) bond motifs is 7. The minimum atomic E-state index is 0.0921. The van der Waals surface area contributed by atoms with Crippen molar-refractivity contribution in [2.45, 2.75) is 51.4 Å². The summed E-state index contributed by atoms with van der Waals surface area (Å²) in [4.78, 5) is 15.9. The molecule has 0 unspecified atom stereocenters. The van der Waals surface area contributed by atoms with Crippen molar-refractivity contribution in [3.8, 4) is 67.8 Å². The van der Waals surface area contributed by atoms with Crippen molar-refractivity contribution in [2.75, 3.05) is 0 Å². The van der Waals surface area contributed by atoms with Crippen LogP contribution in [0.5, 0.6) is 0 Å². The molecule has 0 fully saturated rings. The highest BCUT2D eigenvalue weighted by Gasteiger charge is 2.38. The number of rotatable bonds is 7. The summed E-state index contributed by atoms with van der Waals surface area (Å²) in [5, 5.41) is 4.67. The van der Waals surface area contributed by atoms with Crippen LogP contribution in [0.3, 0.4) is 0 Å². The monoisotopic (exact) mass is 901 g/mol. The van der Waals surface area contributed by atoms with Crippen LogP contribution in [0.15, 0.2) is 212 Å². The van der Waals surface area contributed by atoms with Gasteiger partial charge in [-0.05, 0) is 111 Å². The SMILES string of the molecule is CC1(C)CCC(C)(C)c2c(-c3cccc(-c4cccc(-n5c6ccccc6c6cc7c8ccccc8n(-c8nc(-c9ccccc9)nc(-c9ccccc9-c9ccccc9)n8)c7cc65)c4)c3)cccc21. The Bertz CT molecular complexity index is 4010. The van der Waals surface area contributed by atoms with Crippen molar-refractivity contribution < 1.29 is 0 Å². The molecular weight excluding hydrogens is 851 g/mol. The van der Waals surface area contributed by atoms with Crippen LogP contribution in [-0.2, 0) is 10.8 Å². The average molecular weight is 902 g/mol. The molecule has 336 valence electrons. The molecule has 0 amide bonds. The van der Waals surface area contributed by atoms with E-state index in [2.05, 4.69) is 225 Å². The van der Waals surface area contributed by atoms with Gasteiger partial charge in [0.05, 0.1) is 22.1 Å². The third-order valence-corrected chi connectivity index (χ3v) is 15.0. The number of nitrogens with zero attached hydrogens (tertiary/aromatic N) is 5. The summed E-state index contributed by atoms with van der Waals surface area (Å²) in [5.74, 6) is 1.80. The minimum Gasteiger partial charge on any atom is -0.309 e. The van der Waals surface area contributed by atoms with E-state index in [-0.39, 0.29) is 10.8 Å². The first-order chi connectivity index (χ1) is 34.2. The molecule has 0 bridgehead atoms. The Morgan fingerprint density at radius 1 is 0.343 bits per heavy atom. The third kappa shape index (κ3) is 6.79. The van der Waals surface area contributed by atoms with Crippen LogP contribution >= 0.6 is 0 Å². The smallest absolute Gasteiger partial charge is 0.238 e. The zero-order valence-corrected chi connectivity index (χ0v) is 39.9. The molecule has 0 N–H and O–H groups in total. The van der Waals surface area contributed by atoms with Gasteiger partial charge in [-0.3, -0.25) is 4.57 Å². The molecule has 70 heavy (non-hydrogen) atoms. The molecule has 1 aliphatic rings. The molecule has 13 rings (SSSR count). The van der Waals surface area contributed by atoms with Gasteiger partial charge in [0.25, 0.3) is 0 Å². The summed E-state index contributed by atoms with van der Waals surface area (Å²) in [5.41, 5.74) is 17.6. The van der Waals surface area contributed by atoms with Gasteiger partial charge in [-0.2, -0.15) is 9.97 Å². The molecule has 1 aliphatic carbocycles. The predicted octanol–water partition coefficient (Wildman–Crippen LogP) is 16.7. The lowest BCUT2D eigenvalue weighted by Crippen LogP contribution is -2.34. The highest BCUT2D eigenvalue weighted by atomic mass is 15.2. The Kier molecular flexibility index (Phi) is 9.60. The van der Waals surface area contributed by atoms with Crippen molar-refractivity contribution in [3.63, 3.8) is 0 Å². The first kappa shape index (κ1) is 41.8. The van der Waals surface area contributed by atoms with Gasteiger partial charge in [0.2, 0.25) is 5.95 Å². The van der Waals surface area contributed by atoms with Gasteiger partial charge in [0.15, 0.2) is 11.6 Å². The lowest BCUT2D eigenvalue weighted by Gasteiger charge is -2.43. The molecule has 0 spiro atoms. The van der Waals surface area contributed by atoms with E-state index in [1.165, 1.54) is 57.0 Å². The van der Waals surface area contributed by atoms with Gasteiger partial charge in [0, 0.05) is 38.4 Å². The summed E-state index contributed by atoms with van der Waals surface area (Å²) < 4.78 is 4.67. The van der Waals surface area contributed by atoms with Crippen LogP contribution in [0.4, 0.5) is 0 Å². The average Bonchev–Trinajstić information content (AvgIpc) is 3.91. The third-order valence-electron chi connectivity index (χ3n) is 15.0. The molecule has 12 aromatic rings. The van der Waals surface area contributed by atoms with E-state index in [0.29, 0.717) is 17.6 Å². The van der Waals surface area contributed by atoms with Crippen LogP contribution < -0.4 is 0 Å². The Morgan fingerprint density at radius 3 is 1.61 bits per heavy atom. The lowest BCUT2D eigenvalue weighted by molar-refractivity contribution is 0.333. The lowest BCUT2D eigenvalue weighted by atomic mass is 9.61. The second-order valence-corrected chi connectivity index (χ2v) is 20.3. The largest absolute Gasteiger partial charge is 0.309 e. The molecule has 0 radical (unpaired) electrons. The summed E-state index contributed by atoms with van der Waals surface area (Å²) >= 11 is 0. The molecule has 3 heterocycles. The molecule has 5 heteroatoms. The van der Waals surface area contributed by atoms with E-state index in [9.17, 15) is 0 Å². The molecular formula is C65H51N5. The molecule has 9 aromatic carbocycles. The minimum absolute atomic E-state index is 0.0921. The van der Waals surface area contributed by atoms with Gasteiger partial charge in [-0.1, -0.05) is 198 Å². The van der Waals surface area contributed by atoms with E-state index in [1.54, 1.807) is 0 Å². The van der Waals surface area contributed by atoms with E-state index in [0.717, 1.165) is 60.8 Å². The van der Waals surface area contributed by atoms with E-state index in [4.69, 9.17) is 15.0 Å². The number of hydrogen-bond donors (Lipinski definition) is 0. The molecule has 5 nitrogen and oxygen atoms in total. The fourth-order valence-corrected chi connectivity index (χ4v) is 11.4. The Labute approximate surface area is 408 Å². The first-order valence-corrected chi connectivity index (χ1v) is 24.5. The topological polar surface area (TPSA) is 48.5 Å². The summed E-state index contributed by atoms with van der Waals surface area (Å²) in [6.45, 7) is 9.66. The van der Waals surface area contributed by atoms with Gasteiger partial charge in [-0.15, -0.1) is 0 Å². The van der Waals surface area contributed by atoms with Gasteiger partial charge >= 0.3 is 0 Å². The Balaban J connectivity index is 1.01. The van der Waals surface area contributed by atoms with E-state index >= 15 is 0 Å². The van der Waals surface area contributed by atoms with Crippen molar-refractivity contribution >= 4 is 43.6 Å². The maximum Gasteiger partial charge on any atom is 0.238 e. The summed E-state index contributed by atoms with van der Waals surface area (Å²) in [6, 6.07) is 76.4. The molecule has 0 aliphatic heterocycles. The van der Waals surface area contributed by atoms with Gasteiger partial charge < -0.3 is 4.57 Å². The van der Waals surface area contributed by atoms with Crippen molar-refractivity contribution in [3.05, 3.63) is 223 Å². The van der Waals surface area contributed by atoms with Crippen LogP contribution in [0.1, 0.15) is 51.7 Å². The summed E-state index contributed by atoms with van der Waals surface area (Å²) in [6.07, 6.45) is 2.36. The van der Waals surface area contributed by atoms with Gasteiger partial charge in [0.1, 0.15) is 0 Å². The quantitative estimate of drug-likeness (QED) is 0.160. The van der Waals surface area contributed by atoms with Crippen molar-refractivity contribution in [2.24, 2.45) is 0 Å².